The second-order valence-corrected chi connectivity index (χ2v) is 6.39. The lowest BCUT2D eigenvalue weighted by Gasteiger charge is -2.18. The van der Waals surface area contributed by atoms with E-state index in [1.54, 1.807) is 24.3 Å². The Morgan fingerprint density at radius 2 is 1.54 bits per heavy atom. The fourth-order valence-corrected chi connectivity index (χ4v) is 3.11. The summed E-state index contributed by atoms with van der Waals surface area (Å²) in [5.41, 5.74) is 1.55. The van der Waals surface area contributed by atoms with Crippen molar-refractivity contribution in [1.29, 1.82) is 0 Å². The molecule has 1 N–H and O–H groups in total. The molecule has 0 aromatic heterocycles. The number of esters is 1. The lowest BCUT2D eigenvalue weighted by atomic mass is 10.1. The maximum atomic E-state index is 12.3. The first-order valence-electron chi connectivity index (χ1n) is 8.87. The van der Waals surface area contributed by atoms with Crippen LogP contribution in [0.2, 0.25) is 0 Å². The normalized spacial score (nSPS) is 13.8. The van der Waals surface area contributed by atoms with E-state index in [1.807, 2.05) is 30.3 Å². The fraction of sp³-hybridized carbons (Fsp3) is 0.238. The van der Waals surface area contributed by atoms with Crippen LogP contribution in [0.25, 0.3) is 0 Å². The highest BCUT2D eigenvalue weighted by Crippen LogP contribution is 2.22. The van der Waals surface area contributed by atoms with Gasteiger partial charge in [-0.05, 0) is 17.7 Å². The molecule has 0 saturated carbocycles. The number of fused-ring (bicyclic) bond motifs is 1. The van der Waals surface area contributed by atoms with Gasteiger partial charge in [0.2, 0.25) is 5.91 Å². The van der Waals surface area contributed by atoms with Crippen molar-refractivity contribution >= 4 is 23.7 Å². The van der Waals surface area contributed by atoms with Crippen LogP contribution in [0.15, 0.2) is 54.6 Å². The van der Waals surface area contributed by atoms with Crippen molar-refractivity contribution in [3.63, 3.8) is 0 Å². The summed E-state index contributed by atoms with van der Waals surface area (Å²) in [6.45, 7) is -0.0581. The molecule has 1 aliphatic heterocycles. The summed E-state index contributed by atoms with van der Waals surface area (Å²) >= 11 is 0. The van der Waals surface area contributed by atoms with Crippen LogP contribution in [-0.2, 0) is 20.7 Å². The van der Waals surface area contributed by atoms with Gasteiger partial charge < -0.3 is 10.1 Å². The van der Waals surface area contributed by atoms with Crippen LogP contribution in [0, 0.1) is 0 Å². The first kappa shape index (κ1) is 19.3. The smallest absolute Gasteiger partial charge is 0.328 e. The average molecular weight is 380 g/mol. The number of nitrogens with one attached hydrogen (secondary N) is 1. The second kappa shape index (κ2) is 8.47. The van der Waals surface area contributed by atoms with Gasteiger partial charge in [0, 0.05) is 19.4 Å². The number of carbonyl (C=O) groups is 4. The minimum absolute atomic E-state index is 0.0581. The van der Waals surface area contributed by atoms with Gasteiger partial charge in [-0.3, -0.25) is 19.3 Å². The van der Waals surface area contributed by atoms with Crippen molar-refractivity contribution in [1.82, 2.24) is 10.2 Å². The number of benzene rings is 2. The molecule has 1 aliphatic rings. The van der Waals surface area contributed by atoms with E-state index in [1.165, 1.54) is 7.11 Å². The van der Waals surface area contributed by atoms with E-state index in [0.717, 1.165) is 10.5 Å². The summed E-state index contributed by atoms with van der Waals surface area (Å²) in [6, 6.07) is 14.9. The molecule has 144 valence electrons. The Morgan fingerprint density at radius 1 is 0.964 bits per heavy atom. The molecule has 0 spiro atoms. The molecule has 28 heavy (non-hydrogen) atoms. The standard InChI is InChI=1S/C21H20N2O5/c1-28-21(27)17(13-14-7-3-2-4-8-14)22-18(24)11-12-23-19(25)15-9-5-6-10-16(15)20(23)26/h2-10,17H,11-13H2,1H3,(H,22,24)/t17-/m1/s1. The van der Waals surface area contributed by atoms with Crippen LogP contribution in [0.5, 0.6) is 0 Å². The summed E-state index contributed by atoms with van der Waals surface area (Å²) in [4.78, 5) is 50.1. The van der Waals surface area contributed by atoms with Crippen LogP contribution in [-0.4, -0.2) is 48.3 Å². The molecule has 7 nitrogen and oxygen atoms in total. The lowest BCUT2D eigenvalue weighted by molar-refractivity contribution is -0.145. The summed E-state index contributed by atoms with van der Waals surface area (Å²) in [5.74, 6) is -1.83. The van der Waals surface area contributed by atoms with Crippen molar-refractivity contribution in [3.05, 3.63) is 71.3 Å². The molecule has 7 heteroatoms. The van der Waals surface area contributed by atoms with E-state index in [0.29, 0.717) is 11.1 Å². The quantitative estimate of drug-likeness (QED) is 0.581. The minimum atomic E-state index is -0.845. The predicted molar refractivity (Wildman–Crippen MR) is 101 cm³/mol. The van der Waals surface area contributed by atoms with Gasteiger partial charge in [0.1, 0.15) is 6.04 Å². The molecular weight excluding hydrogens is 360 g/mol. The van der Waals surface area contributed by atoms with Gasteiger partial charge in [0.15, 0.2) is 0 Å². The molecule has 1 atom stereocenters. The highest BCUT2D eigenvalue weighted by Gasteiger charge is 2.35. The number of carbonyl (C=O) groups excluding carboxylic acids is 4. The Balaban J connectivity index is 1.60. The Hall–Kier alpha value is -3.48. The van der Waals surface area contributed by atoms with E-state index in [2.05, 4.69) is 5.32 Å². The zero-order valence-electron chi connectivity index (χ0n) is 15.4. The SMILES string of the molecule is COC(=O)[C@@H](Cc1ccccc1)NC(=O)CCN1C(=O)c2ccccc2C1=O. The molecule has 3 amide bonds. The number of hydrogen-bond donors (Lipinski definition) is 1. The molecule has 1 heterocycles. The Bertz CT molecular complexity index is 875. The zero-order valence-corrected chi connectivity index (χ0v) is 15.4. The summed E-state index contributed by atoms with van der Waals surface area (Å²) in [5, 5.41) is 2.63. The van der Waals surface area contributed by atoms with E-state index in [9.17, 15) is 19.2 Å². The third-order valence-corrected chi connectivity index (χ3v) is 4.54. The lowest BCUT2D eigenvalue weighted by Crippen LogP contribution is -2.44. The number of nitrogens with zero attached hydrogens (tertiary/aromatic N) is 1. The number of hydrogen-bond acceptors (Lipinski definition) is 5. The van der Waals surface area contributed by atoms with Gasteiger partial charge in [-0.25, -0.2) is 4.79 Å². The van der Waals surface area contributed by atoms with Crippen LogP contribution >= 0.6 is 0 Å². The number of rotatable bonds is 7. The second-order valence-electron chi connectivity index (χ2n) is 6.39. The number of methoxy groups -OCH3 is 1. The summed E-state index contributed by atoms with van der Waals surface area (Å²) in [6.07, 6.45) is 0.181. The van der Waals surface area contributed by atoms with Gasteiger partial charge in [-0.1, -0.05) is 42.5 Å². The Labute approximate surface area is 162 Å². The molecule has 0 saturated heterocycles. The highest BCUT2D eigenvalue weighted by molar-refractivity contribution is 6.21. The van der Waals surface area contributed by atoms with Gasteiger partial charge in [-0.2, -0.15) is 0 Å². The molecule has 0 fully saturated rings. The van der Waals surface area contributed by atoms with Crippen LogP contribution in [0.4, 0.5) is 0 Å². The molecule has 0 aliphatic carbocycles. The van der Waals surface area contributed by atoms with Gasteiger partial charge in [0.25, 0.3) is 11.8 Å². The van der Waals surface area contributed by atoms with E-state index in [-0.39, 0.29) is 19.4 Å². The van der Waals surface area contributed by atoms with Gasteiger partial charge in [-0.15, -0.1) is 0 Å². The van der Waals surface area contributed by atoms with Crippen molar-refractivity contribution in [3.8, 4) is 0 Å². The van der Waals surface area contributed by atoms with Crippen molar-refractivity contribution < 1.29 is 23.9 Å². The first-order valence-corrected chi connectivity index (χ1v) is 8.87. The topological polar surface area (TPSA) is 92.8 Å². The third kappa shape index (κ3) is 4.09. The van der Waals surface area contributed by atoms with Crippen molar-refractivity contribution in [2.45, 2.75) is 18.9 Å². The first-order chi connectivity index (χ1) is 13.5. The predicted octanol–water partition coefficient (Wildman–Crippen LogP) is 1.57. The molecule has 2 aromatic carbocycles. The molecule has 0 unspecified atom stereocenters. The maximum Gasteiger partial charge on any atom is 0.328 e. The molecule has 0 radical (unpaired) electrons. The van der Waals surface area contributed by atoms with Crippen LogP contribution < -0.4 is 5.32 Å². The molecule has 0 bridgehead atoms. The van der Waals surface area contributed by atoms with Crippen molar-refractivity contribution in [2.75, 3.05) is 13.7 Å². The third-order valence-electron chi connectivity index (χ3n) is 4.54. The minimum Gasteiger partial charge on any atom is -0.467 e. The van der Waals surface area contributed by atoms with E-state index < -0.39 is 29.7 Å². The molecular formula is C21H20N2O5. The summed E-state index contributed by atoms with van der Waals surface area (Å²) < 4.78 is 4.77. The van der Waals surface area contributed by atoms with E-state index >= 15 is 0 Å². The number of imide groups is 1. The van der Waals surface area contributed by atoms with Crippen LogP contribution in [0.1, 0.15) is 32.7 Å². The Kier molecular flexibility index (Phi) is 5.84. The van der Waals surface area contributed by atoms with Gasteiger partial charge in [0.05, 0.1) is 18.2 Å². The fourth-order valence-electron chi connectivity index (χ4n) is 3.11. The van der Waals surface area contributed by atoms with Crippen molar-refractivity contribution in [2.24, 2.45) is 0 Å². The number of amides is 3. The molecule has 2 aromatic rings. The average Bonchev–Trinajstić information content (AvgIpc) is 2.96. The number of ether oxygens (including phenoxy) is 1. The molecule has 3 rings (SSSR count). The largest absolute Gasteiger partial charge is 0.467 e. The van der Waals surface area contributed by atoms with E-state index in [4.69, 9.17) is 4.74 Å². The van der Waals surface area contributed by atoms with Gasteiger partial charge >= 0.3 is 5.97 Å². The Morgan fingerprint density at radius 3 is 2.11 bits per heavy atom. The zero-order chi connectivity index (χ0) is 20.1. The monoisotopic (exact) mass is 380 g/mol. The highest BCUT2D eigenvalue weighted by atomic mass is 16.5. The maximum absolute atomic E-state index is 12.3. The van der Waals surface area contributed by atoms with Crippen LogP contribution in [0.3, 0.4) is 0 Å². The summed E-state index contributed by atoms with van der Waals surface area (Å²) in [7, 11) is 1.26.